The number of aromatic nitrogens is 1. The van der Waals surface area contributed by atoms with E-state index in [9.17, 15) is 0 Å². The first-order valence-corrected chi connectivity index (χ1v) is 20.6. The maximum Gasteiger partial charge on any atom is 0.182 e. The van der Waals surface area contributed by atoms with Crippen LogP contribution >= 0.6 is 0 Å². The second-order valence-corrected chi connectivity index (χ2v) is 14.0. The summed E-state index contributed by atoms with van der Waals surface area (Å²) in [6.45, 7) is 40.8. The van der Waals surface area contributed by atoms with Crippen molar-refractivity contribution in [1.29, 1.82) is 0 Å². The van der Waals surface area contributed by atoms with E-state index in [4.69, 9.17) is 9.72 Å². The van der Waals surface area contributed by atoms with Gasteiger partial charge in [0.25, 0.3) is 0 Å². The molecule has 1 aromatic heterocycles. The van der Waals surface area contributed by atoms with Crippen LogP contribution in [0.15, 0.2) is 121 Å². The summed E-state index contributed by atoms with van der Waals surface area (Å²) in [6, 6.07) is 17.2. The summed E-state index contributed by atoms with van der Waals surface area (Å²) >= 11 is 0. The van der Waals surface area contributed by atoms with E-state index in [1.165, 1.54) is 34.9 Å². The van der Waals surface area contributed by atoms with Crippen LogP contribution in [0.25, 0.3) is 16.5 Å². The van der Waals surface area contributed by atoms with Crippen LogP contribution in [-0.4, -0.2) is 36.6 Å². The van der Waals surface area contributed by atoms with Crippen LogP contribution in [-0.2, 0) is 11.2 Å². The number of pyridine rings is 1. The van der Waals surface area contributed by atoms with Gasteiger partial charge >= 0.3 is 0 Å². The van der Waals surface area contributed by atoms with E-state index >= 15 is 0 Å². The fourth-order valence-electron chi connectivity index (χ4n) is 6.03. The van der Waals surface area contributed by atoms with Gasteiger partial charge in [-0.05, 0) is 90.0 Å². The SMILES string of the molecule is C=C/C(CNC(=CCC)OC)=C(/C=C(\C)C(C)(C)C)NC(=C)Nc1ccc(Cc2ccnc(C(=C)N3CC[C@@H](CC)C3)c2)c2ccccc12.CC.CC.CC. The predicted molar refractivity (Wildman–Crippen MR) is 244 cm³/mol. The number of allylic oxidation sites excluding steroid dienone is 3. The Bertz CT molecular complexity index is 1740. The lowest BCUT2D eigenvalue weighted by Crippen LogP contribution is -2.24. The quantitative estimate of drug-likeness (QED) is 0.100. The average Bonchev–Trinajstić information content (AvgIpc) is 3.70. The van der Waals surface area contributed by atoms with Crippen LogP contribution < -0.4 is 16.0 Å². The summed E-state index contributed by atoms with van der Waals surface area (Å²) < 4.78 is 5.51. The third-order valence-electron chi connectivity index (χ3n) is 9.54. The molecule has 6 nitrogen and oxygen atoms in total. The van der Waals surface area contributed by atoms with Crippen molar-refractivity contribution in [3.63, 3.8) is 0 Å². The molecule has 0 amide bonds. The lowest BCUT2D eigenvalue weighted by molar-refractivity contribution is 0.262. The Kier molecular flexibility index (Phi) is 22.3. The summed E-state index contributed by atoms with van der Waals surface area (Å²) in [6.07, 6.45) is 12.1. The Morgan fingerprint density at radius 2 is 1.65 bits per heavy atom. The van der Waals surface area contributed by atoms with Crippen LogP contribution in [0.2, 0.25) is 0 Å². The monoisotopic (exact) mass is 750 g/mol. The third-order valence-corrected chi connectivity index (χ3v) is 9.54. The molecule has 2 aromatic carbocycles. The van der Waals surface area contributed by atoms with Gasteiger partial charge in [0.05, 0.1) is 18.5 Å². The van der Waals surface area contributed by atoms with E-state index in [0.717, 1.165) is 71.5 Å². The van der Waals surface area contributed by atoms with E-state index in [-0.39, 0.29) is 5.41 Å². The highest BCUT2D eigenvalue weighted by Gasteiger charge is 2.23. The van der Waals surface area contributed by atoms with Crippen molar-refractivity contribution in [3.05, 3.63) is 138 Å². The van der Waals surface area contributed by atoms with E-state index < -0.39 is 0 Å². The largest absolute Gasteiger partial charge is 0.483 e. The maximum absolute atomic E-state index is 5.51. The number of ether oxygens (including phenoxy) is 1. The summed E-state index contributed by atoms with van der Waals surface area (Å²) in [4.78, 5) is 7.09. The minimum atomic E-state index is 0.00234. The van der Waals surface area contributed by atoms with Gasteiger partial charge in [0, 0.05) is 42.6 Å². The molecule has 55 heavy (non-hydrogen) atoms. The molecule has 0 saturated carbocycles. The number of fused-ring (bicyclic) bond motifs is 1. The van der Waals surface area contributed by atoms with Crippen LogP contribution in [0.1, 0.15) is 119 Å². The van der Waals surface area contributed by atoms with Crippen LogP contribution in [0.4, 0.5) is 5.69 Å². The van der Waals surface area contributed by atoms with Gasteiger partial charge in [0.1, 0.15) is 5.82 Å². The molecular formula is C49H75N5O. The molecule has 4 rings (SSSR count). The highest BCUT2D eigenvalue weighted by Crippen LogP contribution is 2.31. The number of nitrogens with zero attached hydrogens (tertiary/aromatic N) is 2. The fraction of sp³-hybridized carbons (Fsp3) is 0.449. The van der Waals surface area contributed by atoms with E-state index in [2.05, 4.69) is 137 Å². The number of hydrogen-bond acceptors (Lipinski definition) is 6. The lowest BCUT2D eigenvalue weighted by atomic mass is 9.87. The molecule has 1 aliphatic heterocycles. The standard InChI is InChI=1S/C43H57N5O.3C2H6/c1-11-16-42(49-10)45-28-35(13-3)41(25-30(4)43(7,8)9)47-32(6)46-39-20-19-36(37-17-14-15-18-38(37)39)26-34-21-23-44-40(27-34)31(5)48-24-22-33(12-2)29-48;3*1-2/h13-21,23,25,27,33,45-47H,3,5-6,11-12,22,24,26,28-29H2,1-2,4,7-10H3;3*1-2H3/b30-25+,41-35+,42-16?;;;/t33-;;;/m1.../s1. The van der Waals surface area contributed by atoms with Crippen LogP contribution in [0.5, 0.6) is 0 Å². The number of hydrogen-bond donors (Lipinski definition) is 3. The van der Waals surface area contributed by atoms with Crippen molar-refractivity contribution in [1.82, 2.24) is 20.5 Å². The van der Waals surface area contributed by atoms with Crippen molar-refractivity contribution in [2.45, 2.75) is 109 Å². The summed E-state index contributed by atoms with van der Waals surface area (Å²) in [5.74, 6) is 2.16. The molecule has 1 aliphatic rings. The van der Waals surface area contributed by atoms with Gasteiger partial charge in [-0.1, -0.05) is 144 Å². The molecule has 302 valence electrons. The zero-order valence-corrected chi connectivity index (χ0v) is 36.9. The fourth-order valence-corrected chi connectivity index (χ4v) is 6.03. The van der Waals surface area contributed by atoms with Crippen molar-refractivity contribution in [2.75, 3.05) is 32.1 Å². The smallest absolute Gasteiger partial charge is 0.182 e. The highest BCUT2D eigenvalue weighted by molar-refractivity contribution is 5.96. The molecule has 2 heterocycles. The first-order chi connectivity index (χ1) is 26.5. The van der Waals surface area contributed by atoms with Gasteiger partial charge in [-0.15, -0.1) is 0 Å². The topological polar surface area (TPSA) is 61.5 Å². The second kappa shape index (κ2) is 25.4. The summed E-state index contributed by atoms with van der Waals surface area (Å²) in [5.41, 5.74) is 8.63. The van der Waals surface area contributed by atoms with Crippen LogP contribution in [0.3, 0.4) is 0 Å². The van der Waals surface area contributed by atoms with Gasteiger partial charge in [-0.3, -0.25) is 4.98 Å². The van der Waals surface area contributed by atoms with Crippen molar-refractivity contribution >= 4 is 22.2 Å². The lowest BCUT2D eigenvalue weighted by Gasteiger charge is -2.23. The molecule has 0 aliphatic carbocycles. The van der Waals surface area contributed by atoms with Crippen LogP contribution in [0, 0.1) is 11.3 Å². The molecule has 3 N–H and O–H groups in total. The number of benzene rings is 2. The minimum Gasteiger partial charge on any atom is -0.483 e. The van der Waals surface area contributed by atoms with E-state index in [1.807, 2.05) is 59.9 Å². The zero-order valence-electron chi connectivity index (χ0n) is 36.9. The number of methoxy groups -OCH3 is 1. The van der Waals surface area contributed by atoms with Crippen molar-refractivity contribution < 1.29 is 4.74 Å². The predicted octanol–water partition coefficient (Wildman–Crippen LogP) is 13.0. The number of likely N-dealkylation sites (tertiary alicyclic amines) is 1. The third kappa shape index (κ3) is 14.8. The number of rotatable bonds is 16. The average molecular weight is 750 g/mol. The van der Waals surface area contributed by atoms with Gasteiger partial charge in [-0.25, -0.2) is 0 Å². The van der Waals surface area contributed by atoms with Gasteiger partial charge < -0.3 is 25.6 Å². The molecule has 0 bridgehead atoms. The number of nitrogens with one attached hydrogen (secondary N) is 3. The highest BCUT2D eigenvalue weighted by atomic mass is 16.5. The molecule has 0 radical (unpaired) electrons. The van der Waals surface area contributed by atoms with Gasteiger partial charge in [0.2, 0.25) is 0 Å². The Morgan fingerprint density at radius 3 is 2.24 bits per heavy atom. The van der Waals surface area contributed by atoms with Crippen molar-refractivity contribution in [2.24, 2.45) is 11.3 Å². The Labute approximate surface area is 336 Å². The summed E-state index contributed by atoms with van der Waals surface area (Å²) in [7, 11) is 1.68. The molecular weight excluding hydrogens is 675 g/mol. The van der Waals surface area contributed by atoms with Gasteiger partial charge in [0.15, 0.2) is 5.88 Å². The Hall–Kier alpha value is -4.71. The first-order valence-electron chi connectivity index (χ1n) is 20.6. The molecule has 1 atom stereocenters. The zero-order chi connectivity index (χ0) is 41.6. The van der Waals surface area contributed by atoms with E-state index in [0.29, 0.717) is 12.4 Å². The Morgan fingerprint density at radius 1 is 0.982 bits per heavy atom. The number of anilines is 1. The molecule has 1 fully saturated rings. The normalized spacial score (nSPS) is 14.5. The maximum atomic E-state index is 5.51. The summed E-state index contributed by atoms with van der Waals surface area (Å²) in [5, 5.41) is 12.9. The molecule has 1 saturated heterocycles. The molecule has 0 spiro atoms. The molecule has 0 unspecified atom stereocenters. The molecule has 6 heteroatoms. The second-order valence-electron chi connectivity index (χ2n) is 14.0. The molecule has 3 aromatic rings. The Balaban J connectivity index is 0.00000240. The van der Waals surface area contributed by atoms with Gasteiger partial charge in [-0.2, -0.15) is 0 Å². The first kappa shape index (κ1) is 48.3. The van der Waals surface area contributed by atoms with E-state index in [1.54, 1.807) is 7.11 Å². The van der Waals surface area contributed by atoms with Crippen molar-refractivity contribution in [3.8, 4) is 0 Å². The minimum absolute atomic E-state index is 0.00234.